The maximum atomic E-state index is 3.88. The van der Waals surface area contributed by atoms with E-state index in [1.807, 2.05) is 0 Å². The summed E-state index contributed by atoms with van der Waals surface area (Å²) in [6.07, 6.45) is 12.5. The van der Waals surface area contributed by atoms with Crippen LogP contribution in [0.2, 0.25) is 0 Å². The lowest BCUT2D eigenvalue weighted by Gasteiger charge is -2.27. The molecule has 1 N–H and O–H groups in total. The van der Waals surface area contributed by atoms with Gasteiger partial charge in [-0.15, -0.1) is 0 Å². The Bertz CT molecular complexity index is 457. The van der Waals surface area contributed by atoms with Crippen LogP contribution in [-0.4, -0.2) is 6.04 Å². The molecule has 0 aromatic heterocycles. The molecule has 1 unspecified atom stereocenters. The molecule has 0 saturated heterocycles. The first-order valence-electron chi connectivity index (χ1n) is 9.12. The topological polar surface area (TPSA) is 12.0 Å². The first-order chi connectivity index (χ1) is 10.2. The fourth-order valence-corrected chi connectivity index (χ4v) is 4.30. The van der Waals surface area contributed by atoms with E-state index >= 15 is 0 Å². The van der Waals surface area contributed by atoms with E-state index in [0.717, 1.165) is 5.92 Å². The van der Waals surface area contributed by atoms with E-state index in [-0.39, 0.29) is 0 Å². The summed E-state index contributed by atoms with van der Waals surface area (Å²) < 4.78 is 0. The van der Waals surface area contributed by atoms with Gasteiger partial charge in [0, 0.05) is 12.1 Å². The standard InChI is InChI=1S/C20H31N/c1-15(17-8-5-3-4-6-9-17)21-16(2)19-13-12-18-10-7-11-20(18)14-19/h12-17,21H,3-11H2,1-2H3/t15-,16?/m1/s1. The van der Waals surface area contributed by atoms with Gasteiger partial charge in [-0.05, 0) is 68.6 Å². The van der Waals surface area contributed by atoms with E-state index in [1.165, 1.54) is 63.4 Å². The second-order valence-corrected chi connectivity index (χ2v) is 7.31. The molecule has 1 heteroatoms. The summed E-state index contributed by atoms with van der Waals surface area (Å²) >= 11 is 0. The number of hydrogen-bond acceptors (Lipinski definition) is 1. The molecular weight excluding hydrogens is 254 g/mol. The Hall–Kier alpha value is -0.820. The van der Waals surface area contributed by atoms with E-state index in [4.69, 9.17) is 0 Å². The smallest absolute Gasteiger partial charge is 0.0294 e. The molecule has 3 rings (SSSR count). The molecule has 0 aliphatic heterocycles. The van der Waals surface area contributed by atoms with Gasteiger partial charge in [-0.1, -0.05) is 43.9 Å². The van der Waals surface area contributed by atoms with Crippen LogP contribution in [0, 0.1) is 5.92 Å². The Labute approximate surface area is 130 Å². The molecule has 2 aliphatic rings. The van der Waals surface area contributed by atoms with Crippen molar-refractivity contribution >= 4 is 0 Å². The van der Waals surface area contributed by atoms with Gasteiger partial charge in [0.2, 0.25) is 0 Å². The van der Waals surface area contributed by atoms with Crippen LogP contribution in [0.4, 0.5) is 0 Å². The maximum Gasteiger partial charge on any atom is 0.0294 e. The van der Waals surface area contributed by atoms with Crippen molar-refractivity contribution in [1.82, 2.24) is 5.32 Å². The Morgan fingerprint density at radius 1 is 0.905 bits per heavy atom. The minimum absolute atomic E-state index is 0.481. The largest absolute Gasteiger partial charge is 0.307 e. The summed E-state index contributed by atoms with van der Waals surface area (Å²) in [6, 6.07) is 8.30. The lowest BCUT2D eigenvalue weighted by Crippen LogP contribution is -2.35. The predicted molar refractivity (Wildman–Crippen MR) is 90.7 cm³/mol. The van der Waals surface area contributed by atoms with Crippen molar-refractivity contribution in [1.29, 1.82) is 0 Å². The number of hydrogen-bond donors (Lipinski definition) is 1. The minimum atomic E-state index is 0.481. The van der Waals surface area contributed by atoms with Crippen LogP contribution in [0.1, 0.15) is 81.5 Å². The fourth-order valence-electron chi connectivity index (χ4n) is 4.30. The average molecular weight is 285 g/mol. The van der Waals surface area contributed by atoms with Crippen LogP contribution in [-0.2, 0) is 12.8 Å². The summed E-state index contributed by atoms with van der Waals surface area (Å²) in [6.45, 7) is 4.74. The molecule has 1 fully saturated rings. The number of nitrogens with one attached hydrogen (secondary N) is 1. The molecule has 2 aliphatic carbocycles. The molecule has 1 saturated carbocycles. The molecule has 0 heterocycles. The highest BCUT2D eigenvalue weighted by atomic mass is 14.9. The van der Waals surface area contributed by atoms with Gasteiger partial charge in [0.05, 0.1) is 0 Å². The summed E-state index contributed by atoms with van der Waals surface area (Å²) in [5, 5.41) is 3.88. The van der Waals surface area contributed by atoms with Crippen molar-refractivity contribution in [3.63, 3.8) is 0 Å². The number of aryl methyl sites for hydroxylation is 2. The Balaban J connectivity index is 1.61. The van der Waals surface area contributed by atoms with Gasteiger partial charge in [-0.25, -0.2) is 0 Å². The van der Waals surface area contributed by atoms with Crippen LogP contribution in [0.15, 0.2) is 18.2 Å². The quantitative estimate of drug-likeness (QED) is 0.751. The number of benzene rings is 1. The molecule has 1 aromatic rings. The number of rotatable bonds is 4. The van der Waals surface area contributed by atoms with Crippen LogP contribution >= 0.6 is 0 Å². The molecule has 116 valence electrons. The zero-order valence-electron chi connectivity index (χ0n) is 13.8. The maximum absolute atomic E-state index is 3.88. The highest BCUT2D eigenvalue weighted by Gasteiger charge is 2.21. The summed E-state index contributed by atoms with van der Waals surface area (Å²) in [4.78, 5) is 0. The van der Waals surface area contributed by atoms with Gasteiger partial charge in [0.25, 0.3) is 0 Å². The molecule has 0 bridgehead atoms. The lowest BCUT2D eigenvalue weighted by atomic mass is 9.91. The van der Waals surface area contributed by atoms with Gasteiger partial charge in [0.1, 0.15) is 0 Å². The second kappa shape index (κ2) is 6.96. The first-order valence-corrected chi connectivity index (χ1v) is 9.12. The highest BCUT2D eigenvalue weighted by Crippen LogP contribution is 2.28. The number of fused-ring (bicyclic) bond motifs is 1. The minimum Gasteiger partial charge on any atom is -0.307 e. The van der Waals surface area contributed by atoms with Crippen LogP contribution < -0.4 is 5.32 Å². The summed E-state index contributed by atoms with van der Waals surface area (Å²) in [5.74, 6) is 0.879. The lowest BCUT2D eigenvalue weighted by molar-refractivity contribution is 0.316. The van der Waals surface area contributed by atoms with Crippen molar-refractivity contribution in [3.8, 4) is 0 Å². The normalized spacial score (nSPS) is 22.6. The van der Waals surface area contributed by atoms with Gasteiger partial charge in [0.15, 0.2) is 0 Å². The van der Waals surface area contributed by atoms with E-state index in [0.29, 0.717) is 12.1 Å². The Kier molecular flexibility index (Phi) is 5.00. The van der Waals surface area contributed by atoms with Crippen LogP contribution in [0.3, 0.4) is 0 Å². The molecule has 1 aromatic carbocycles. The molecule has 0 spiro atoms. The average Bonchev–Trinajstić information content (AvgIpc) is 2.78. The molecule has 21 heavy (non-hydrogen) atoms. The molecule has 2 atom stereocenters. The molecule has 0 radical (unpaired) electrons. The van der Waals surface area contributed by atoms with E-state index < -0.39 is 0 Å². The van der Waals surface area contributed by atoms with Gasteiger partial charge < -0.3 is 5.32 Å². The van der Waals surface area contributed by atoms with E-state index in [2.05, 4.69) is 37.4 Å². The van der Waals surface area contributed by atoms with Crippen molar-refractivity contribution in [2.45, 2.75) is 83.7 Å². The van der Waals surface area contributed by atoms with Crippen molar-refractivity contribution < 1.29 is 0 Å². The first kappa shape index (κ1) is 15.1. The summed E-state index contributed by atoms with van der Waals surface area (Å²) in [5.41, 5.74) is 4.67. The van der Waals surface area contributed by atoms with Gasteiger partial charge in [-0.2, -0.15) is 0 Å². The third kappa shape index (κ3) is 3.69. The van der Waals surface area contributed by atoms with Crippen molar-refractivity contribution in [2.75, 3.05) is 0 Å². The van der Waals surface area contributed by atoms with Gasteiger partial charge >= 0.3 is 0 Å². The van der Waals surface area contributed by atoms with Crippen LogP contribution in [0.25, 0.3) is 0 Å². The zero-order valence-corrected chi connectivity index (χ0v) is 13.8. The Morgan fingerprint density at radius 3 is 2.38 bits per heavy atom. The molecular formula is C20H31N. The summed E-state index contributed by atoms with van der Waals surface area (Å²) in [7, 11) is 0. The zero-order chi connectivity index (χ0) is 14.7. The molecule has 0 amide bonds. The highest BCUT2D eigenvalue weighted by molar-refractivity contribution is 5.36. The molecule has 1 nitrogen and oxygen atoms in total. The third-order valence-electron chi connectivity index (χ3n) is 5.74. The fraction of sp³-hybridized carbons (Fsp3) is 0.700. The van der Waals surface area contributed by atoms with E-state index in [9.17, 15) is 0 Å². The second-order valence-electron chi connectivity index (χ2n) is 7.31. The van der Waals surface area contributed by atoms with Crippen molar-refractivity contribution in [3.05, 3.63) is 34.9 Å². The van der Waals surface area contributed by atoms with Crippen LogP contribution in [0.5, 0.6) is 0 Å². The SMILES string of the molecule is CC(N[C@H](C)C1CCCCCC1)c1ccc2c(c1)CCC2. The van der Waals surface area contributed by atoms with Gasteiger partial charge in [-0.3, -0.25) is 0 Å². The van der Waals surface area contributed by atoms with Crippen molar-refractivity contribution in [2.24, 2.45) is 5.92 Å². The van der Waals surface area contributed by atoms with E-state index in [1.54, 1.807) is 11.1 Å². The predicted octanol–water partition coefficient (Wildman–Crippen LogP) is 5.18. The monoisotopic (exact) mass is 285 g/mol. The third-order valence-corrected chi connectivity index (χ3v) is 5.74. The Morgan fingerprint density at radius 2 is 1.62 bits per heavy atom.